The van der Waals surface area contributed by atoms with Crippen LogP contribution in [0, 0.1) is 0 Å². The zero-order valence-corrected chi connectivity index (χ0v) is 30.1. The molecule has 0 aliphatic carbocycles. The van der Waals surface area contributed by atoms with Gasteiger partial charge in [-0.05, 0) is 65.7 Å². The molecule has 0 amide bonds. The van der Waals surface area contributed by atoms with Crippen LogP contribution in [0.4, 0.5) is 0 Å². The molecular weight excluding hydrogens is 687 g/mol. The Morgan fingerprint density at radius 1 is 0.321 bits per heavy atom. The lowest BCUT2D eigenvalue weighted by atomic mass is 9.93. The van der Waals surface area contributed by atoms with Crippen molar-refractivity contribution in [2.75, 3.05) is 0 Å². The molecule has 7 aromatic carbocycles. The Hall–Kier alpha value is -7.63. The molecular formula is C51H31N3O2. The van der Waals surface area contributed by atoms with Crippen LogP contribution in [0.1, 0.15) is 0 Å². The van der Waals surface area contributed by atoms with Crippen molar-refractivity contribution >= 4 is 43.9 Å². The van der Waals surface area contributed by atoms with Crippen molar-refractivity contribution in [3.05, 3.63) is 188 Å². The van der Waals surface area contributed by atoms with Gasteiger partial charge in [-0.1, -0.05) is 127 Å². The summed E-state index contributed by atoms with van der Waals surface area (Å²) in [5.74, 6) is 0.612. The monoisotopic (exact) mass is 717 g/mol. The second-order valence-electron chi connectivity index (χ2n) is 14.0. The van der Waals surface area contributed by atoms with Crippen molar-refractivity contribution in [2.45, 2.75) is 0 Å². The van der Waals surface area contributed by atoms with Gasteiger partial charge in [0, 0.05) is 61.1 Å². The molecule has 0 radical (unpaired) electrons. The molecule has 11 rings (SSSR count). The maximum Gasteiger partial charge on any atom is 0.160 e. The normalized spacial score (nSPS) is 11.6. The second-order valence-corrected chi connectivity index (χ2v) is 14.0. The van der Waals surface area contributed by atoms with E-state index in [4.69, 9.17) is 18.8 Å². The van der Waals surface area contributed by atoms with Gasteiger partial charge in [0.05, 0.1) is 17.1 Å². The minimum Gasteiger partial charge on any atom is -0.455 e. The summed E-state index contributed by atoms with van der Waals surface area (Å²) in [5.41, 5.74) is 13.8. The maximum absolute atomic E-state index is 6.59. The van der Waals surface area contributed by atoms with Gasteiger partial charge in [0.25, 0.3) is 0 Å². The zero-order valence-electron chi connectivity index (χ0n) is 30.1. The number of rotatable bonds is 6. The molecule has 4 heterocycles. The van der Waals surface area contributed by atoms with Gasteiger partial charge in [0.1, 0.15) is 22.3 Å². The Bertz CT molecular complexity index is 3120. The van der Waals surface area contributed by atoms with Crippen LogP contribution < -0.4 is 0 Å². The lowest BCUT2D eigenvalue weighted by Crippen LogP contribution is -1.97. The molecule has 0 aliphatic rings. The predicted molar refractivity (Wildman–Crippen MR) is 227 cm³/mol. The van der Waals surface area contributed by atoms with Gasteiger partial charge >= 0.3 is 0 Å². The van der Waals surface area contributed by atoms with E-state index in [1.54, 1.807) is 0 Å². The molecule has 262 valence electrons. The molecule has 4 aromatic heterocycles. The largest absolute Gasteiger partial charge is 0.455 e. The highest BCUT2D eigenvalue weighted by Gasteiger charge is 2.19. The SMILES string of the molecule is c1ccc(-c2cc(-c3cccc(-c4ccccn4)c3)nc(-c3cc(-c4cccc5c4oc4ccccc45)cc(-c4cccc5c4oc4ccccc45)c3)n2)cc1. The van der Waals surface area contributed by atoms with Crippen LogP contribution in [-0.2, 0) is 0 Å². The highest BCUT2D eigenvalue weighted by molar-refractivity contribution is 6.11. The highest BCUT2D eigenvalue weighted by Crippen LogP contribution is 2.42. The van der Waals surface area contributed by atoms with Crippen LogP contribution in [0.15, 0.2) is 197 Å². The average Bonchev–Trinajstić information content (AvgIpc) is 3.86. The fourth-order valence-electron chi connectivity index (χ4n) is 7.87. The van der Waals surface area contributed by atoms with Gasteiger partial charge in [-0.3, -0.25) is 4.98 Å². The van der Waals surface area contributed by atoms with Gasteiger partial charge in [-0.15, -0.1) is 0 Å². The summed E-state index contributed by atoms with van der Waals surface area (Å²) in [7, 11) is 0. The minimum absolute atomic E-state index is 0.612. The first-order chi connectivity index (χ1) is 27.7. The number of fused-ring (bicyclic) bond motifs is 6. The molecule has 56 heavy (non-hydrogen) atoms. The van der Waals surface area contributed by atoms with Crippen LogP contribution in [0.2, 0.25) is 0 Å². The van der Waals surface area contributed by atoms with Crippen molar-refractivity contribution in [1.82, 2.24) is 15.0 Å². The molecule has 5 heteroatoms. The third kappa shape index (κ3) is 5.45. The topological polar surface area (TPSA) is 65.0 Å². The molecule has 0 atom stereocenters. The maximum atomic E-state index is 6.59. The lowest BCUT2D eigenvalue weighted by molar-refractivity contribution is 0.670. The van der Waals surface area contributed by atoms with Gasteiger partial charge in [0.15, 0.2) is 5.82 Å². The van der Waals surface area contributed by atoms with E-state index in [1.807, 2.05) is 66.9 Å². The van der Waals surface area contributed by atoms with Crippen molar-refractivity contribution in [2.24, 2.45) is 0 Å². The Labute approximate surface area is 322 Å². The number of pyridine rings is 1. The van der Waals surface area contributed by atoms with E-state index in [9.17, 15) is 0 Å². The van der Waals surface area contributed by atoms with Crippen molar-refractivity contribution in [1.29, 1.82) is 0 Å². The molecule has 11 aromatic rings. The van der Waals surface area contributed by atoms with Crippen LogP contribution in [0.3, 0.4) is 0 Å². The van der Waals surface area contributed by atoms with Gasteiger partial charge in [-0.25, -0.2) is 9.97 Å². The van der Waals surface area contributed by atoms with E-state index in [1.165, 1.54) is 0 Å². The van der Waals surface area contributed by atoms with E-state index in [-0.39, 0.29) is 0 Å². The summed E-state index contributed by atoms with van der Waals surface area (Å²) in [6.45, 7) is 0. The molecule has 0 unspecified atom stereocenters. The molecule has 0 saturated heterocycles. The summed E-state index contributed by atoms with van der Waals surface area (Å²) >= 11 is 0. The summed E-state index contributed by atoms with van der Waals surface area (Å²) in [4.78, 5) is 15.2. The number of benzene rings is 7. The van der Waals surface area contributed by atoms with E-state index in [2.05, 4.69) is 126 Å². The van der Waals surface area contributed by atoms with E-state index >= 15 is 0 Å². The quantitative estimate of drug-likeness (QED) is 0.171. The summed E-state index contributed by atoms with van der Waals surface area (Å²) in [6.07, 6.45) is 1.82. The van der Waals surface area contributed by atoms with Crippen molar-refractivity contribution < 1.29 is 8.83 Å². The fourth-order valence-corrected chi connectivity index (χ4v) is 7.87. The number of furan rings is 2. The summed E-state index contributed by atoms with van der Waals surface area (Å²) in [5, 5.41) is 4.32. The number of hydrogen-bond acceptors (Lipinski definition) is 5. The lowest BCUT2D eigenvalue weighted by Gasteiger charge is -2.14. The summed E-state index contributed by atoms with van der Waals surface area (Å²) < 4.78 is 13.2. The number of nitrogens with zero attached hydrogens (tertiary/aromatic N) is 3. The Balaban J connectivity index is 1.17. The minimum atomic E-state index is 0.612. The molecule has 0 fully saturated rings. The van der Waals surface area contributed by atoms with Crippen molar-refractivity contribution in [3.8, 4) is 67.4 Å². The highest BCUT2D eigenvalue weighted by atomic mass is 16.3. The van der Waals surface area contributed by atoms with Gasteiger partial charge < -0.3 is 8.83 Å². The van der Waals surface area contributed by atoms with E-state index in [0.29, 0.717) is 5.82 Å². The third-order valence-corrected chi connectivity index (χ3v) is 10.5. The van der Waals surface area contributed by atoms with Crippen LogP contribution >= 0.6 is 0 Å². The molecule has 5 nitrogen and oxygen atoms in total. The van der Waals surface area contributed by atoms with E-state index < -0.39 is 0 Å². The molecule has 0 aliphatic heterocycles. The van der Waals surface area contributed by atoms with Crippen LogP contribution in [0.5, 0.6) is 0 Å². The molecule has 0 spiro atoms. The number of aromatic nitrogens is 3. The zero-order chi connectivity index (χ0) is 37.0. The van der Waals surface area contributed by atoms with Crippen LogP contribution in [0.25, 0.3) is 111 Å². The van der Waals surface area contributed by atoms with Crippen molar-refractivity contribution in [3.63, 3.8) is 0 Å². The first-order valence-electron chi connectivity index (χ1n) is 18.7. The average molecular weight is 718 g/mol. The molecule has 0 bridgehead atoms. The Kier molecular flexibility index (Phi) is 7.42. The third-order valence-electron chi connectivity index (χ3n) is 10.5. The summed E-state index contributed by atoms with van der Waals surface area (Å²) in [6, 6.07) is 62.4. The number of hydrogen-bond donors (Lipinski definition) is 0. The second kappa shape index (κ2) is 13.0. The first kappa shape index (κ1) is 31.9. The standard InChI is InChI=1S/C51H31N3O2/c1-2-13-32(14-3-1)45-31-46(34-16-10-15-33(27-34)44-23-8-9-26-52-44)54-51(53-45)37-29-35(38-19-11-21-42-40-17-4-6-24-47(40)55-49(38)42)28-36(30-37)39-20-12-22-43-41-18-5-7-25-48(41)56-50(39)43/h1-31H. The predicted octanol–water partition coefficient (Wildman–Crippen LogP) is 13.7. The number of para-hydroxylation sites is 4. The van der Waals surface area contributed by atoms with Gasteiger partial charge in [0.2, 0.25) is 0 Å². The fraction of sp³-hybridized carbons (Fsp3) is 0. The Morgan fingerprint density at radius 2 is 0.804 bits per heavy atom. The van der Waals surface area contributed by atoms with E-state index in [0.717, 1.165) is 105 Å². The van der Waals surface area contributed by atoms with Gasteiger partial charge in [-0.2, -0.15) is 0 Å². The molecule has 0 saturated carbocycles. The molecule has 0 N–H and O–H groups in total. The smallest absolute Gasteiger partial charge is 0.160 e. The first-order valence-corrected chi connectivity index (χ1v) is 18.7. The Morgan fingerprint density at radius 3 is 1.43 bits per heavy atom. The van der Waals surface area contributed by atoms with Crippen LogP contribution in [-0.4, -0.2) is 15.0 Å².